The minimum atomic E-state index is -0.748. The minimum Gasteiger partial charge on any atom is -0.481 e. The van der Waals surface area contributed by atoms with E-state index in [0.29, 0.717) is 44.3 Å². The number of anilines is 3. The highest BCUT2D eigenvalue weighted by Crippen LogP contribution is 2.37. The molecular weight excluding hydrogens is 966 g/mol. The second-order valence-electron chi connectivity index (χ2n) is 17.1. The monoisotopic (exact) mass is 1020 g/mol. The molecule has 0 fully saturated rings. The van der Waals surface area contributed by atoms with Gasteiger partial charge in [-0.15, -0.1) is 5.11 Å². The van der Waals surface area contributed by atoms with Gasteiger partial charge in [0, 0.05) is 25.5 Å². The third-order valence-corrected chi connectivity index (χ3v) is 14.0. The Bertz CT molecular complexity index is 2630. The summed E-state index contributed by atoms with van der Waals surface area (Å²) < 4.78 is 7.59. The minimum absolute atomic E-state index is 0.0197. The maximum atomic E-state index is 14.2. The lowest BCUT2D eigenvalue weighted by Gasteiger charge is -2.24. The van der Waals surface area contributed by atoms with E-state index in [1.165, 1.54) is 62.6 Å². The van der Waals surface area contributed by atoms with Gasteiger partial charge in [-0.3, -0.25) is 14.7 Å². The van der Waals surface area contributed by atoms with Crippen LogP contribution in [0.1, 0.15) is 110 Å². The Hall–Kier alpha value is -4.42. The number of hydrogen-bond acceptors (Lipinski definition) is 7. The van der Waals surface area contributed by atoms with Crippen molar-refractivity contribution < 1.29 is 9.53 Å². The van der Waals surface area contributed by atoms with Gasteiger partial charge >= 0.3 is 5.56 Å². The highest BCUT2D eigenvalue weighted by Gasteiger charge is 2.24. The number of azo groups is 1. The third-order valence-electron chi connectivity index (χ3n) is 11.6. The van der Waals surface area contributed by atoms with Crippen molar-refractivity contribution in [3.05, 3.63) is 144 Å². The van der Waals surface area contributed by atoms with E-state index in [1.807, 2.05) is 48.5 Å². The molecule has 1 aromatic heterocycles. The van der Waals surface area contributed by atoms with E-state index >= 15 is 0 Å². The van der Waals surface area contributed by atoms with Crippen molar-refractivity contribution in [3.63, 3.8) is 0 Å². The van der Waals surface area contributed by atoms with Crippen LogP contribution in [0.2, 0.25) is 25.1 Å². The molecule has 67 heavy (non-hydrogen) atoms. The summed E-state index contributed by atoms with van der Waals surface area (Å²) in [6.45, 7) is 8.84. The lowest BCUT2D eigenvalue weighted by Crippen LogP contribution is -2.33. The van der Waals surface area contributed by atoms with Crippen LogP contribution in [0.5, 0.6) is 5.75 Å². The first-order chi connectivity index (χ1) is 32.2. The number of ether oxygens (including phenoxy) is 1. The Morgan fingerprint density at radius 1 is 0.716 bits per heavy atom. The summed E-state index contributed by atoms with van der Waals surface area (Å²) in [5.74, 6) is 0.471. The van der Waals surface area contributed by atoms with Crippen LogP contribution < -0.4 is 20.9 Å². The number of amides is 1. The first-order valence-electron chi connectivity index (χ1n) is 22.8. The molecule has 1 amide bonds. The van der Waals surface area contributed by atoms with E-state index < -0.39 is 11.7 Å². The van der Waals surface area contributed by atoms with Crippen molar-refractivity contribution >= 4 is 104 Å². The zero-order valence-corrected chi connectivity index (χ0v) is 42.8. The summed E-state index contributed by atoms with van der Waals surface area (Å²) in [6, 6.07) is 31.0. The second kappa shape index (κ2) is 25.3. The fraction of sp³-hybridized carbons (Fsp3) is 0.346. The summed E-state index contributed by atoms with van der Waals surface area (Å²) in [5.41, 5.74) is 2.01. The zero-order valence-electron chi connectivity index (χ0n) is 38.2. The Labute approximate surface area is 423 Å². The molecule has 15 heteroatoms. The van der Waals surface area contributed by atoms with Crippen LogP contribution in [-0.2, 0) is 10.2 Å². The molecule has 0 spiro atoms. The fourth-order valence-corrected chi connectivity index (χ4v) is 9.40. The van der Waals surface area contributed by atoms with Crippen molar-refractivity contribution in [2.24, 2.45) is 10.2 Å². The summed E-state index contributed by atoms with van der Waals surface area (Å²) >= 11 is 33.8. The standard InChI is InChI=1S/C52H57Cl5N6O3S/c1-5-7-8-9-10-11-12-13-14-15-16-46(66-39-24-17-34(18-25-39)52(3,4)6-2)50(64)58-38-23-30-42(55)45(33-38)59-49-47(51(65)63(62-49)48-43(56)31-36(54)32-44(48)57)61-60-37-21-28-41(29-22-37)67-40-26-19-35(53)20-27-40/h17-33,46,59,62H,5-16H2,1-4H3,(H,58,64). The molecule has 1 unspecified atom stereocenters. The summed E-state index contributed by atoms with van der Waals surface area (Å²) in [7, 11) is 0. The van der Waals surface area contributed by atoms with Gasteiger partial charge in [-0.05, 0) is 121 Å². The molecule has 6 aromatic rings. The van der Waals surface area contributed by atoms with Crippen molar-refractivity contribution in [2.45, 2.75) is 126 Å². The number of nitrogens with one attached hydrogen (secondary N) is 3. The van der Waals surface area contributed by atoms with Crippen LogP contribution >= 0.6 is 69.8 Å². The molecule has 0 radical (unpaired) electrons. The van der Waals surface area contributed by atoms with Gasteiger partial charge in [0.25, 0.3) is 5.91 Å². The molecule has 0 bridgehead atoms. The average molecular weight is 1020 g/mol. The highest BCUT2D eigenvalue weighted by molar-refractivity contribution is 7.99. The second-order valence-corrected chi connectivity index (χ2v) is 20.3. The normalized spacial score (nSPS) is 12.1. The Kier molecular flexibility index (Phi) is 19.6. The number of carbonyl (C=O) groups excluding carboxylic acids is 1. The number of carbonyl (C=O) groups is 1. The van der Waals surface area contributed by atoms with E-state index in [9.17, 15) is 9.59 Å². The maximum absolute atomic E-state index is 14.2. The SMILES string of the molecule is CCCCCCCCCCCCC(Oc1ccc(C(C)(C)CC)cc1)C(=O)Nc1ccc(Cl)c(Nc2[nH]n(-c3c(Cl)cc(Cl)cc3Cl)c(=O)c2N=Nc2ccc(Sc3ccc(Cl)cc3)cc2)c1. The quantitative estimate of drug-likeness (QED) is 0.0413. The molecule has 0 aliphatic carbocycles. The lowest BCUT2D eigenvalue weighted by atomic mass is 9.82. The molecule has 0 aliphatic heterocycles. The number of hydrogen-bond donors (Lipinski definition) is 3. The maximum Gasteiger partial charge on any atom is 0.301 e. The van der Waals surface area contributed by atoms with Crippen LogP contribution in [0.4, 0.5) is 28.6 Å². The molecule has 0 saturated heterocycles. The van der Waals surface area contributed by atoms with Gasteiger partial charge in [0.05, 0.1) is 26.4 Å². The van der Waals surface area contributed by atoms with Crippen molar-refractivity contribution in [1.29, 1.82) is 0 Å². The van der Waals surface area contributed by atoms with Gasteiger partial charge in [-0.2, -0.15) is 5.11 Å². The summed E-state index contributed by atoms with van der Waals surface area (Å²) in [5, 5.41) is 19.6. The summed E-state index contributed by atoms with van der Waals surface area (Å²) in [4.78, 5) is 30.3. The van der Waals surface area contributed by atoms with E-state index in [1.54, 1.807) is 42.1 Å². The smallest absolute Gasteiger partial charge is 0.301 e. The topological polar surface area (TPSA) is 113 Å². The molecule has 3 N–H and O–H groups in total. The van der Waals surface area contributed by atoms with Gasteiger partial charge in [0.15, 0.2) is 17.6 Å². The number of unbranched alkanes of at least 4 members (excludes halogenated alkanes) is 9. The first-order valence-corrected chi connectivity index (χ1v) is 25.5. The van der Waals surface area contributed by atoms with Gasteiger partial charge in [0.1, 0.15) is 11.4 Å². The Balaban J connectivity index is 1.22. The zero-order chi connectivity index (χ0) is 47.9. The van der Waals surface area contributed by atoms with E-state index in [-0.39, 0.29) is 38.6 Å². The molecule has 1 atom stereocenters. The van der Waals surface area contributed by atoms with Crippen molar-refractivity contribution in [1.82, 2.24) is 9.78 Å². The van der Waals surface area contributed by atoms with Gasteiger partial charge in [-0.25, -0.2) is 4.68 Å². The van der Waals surface area contributed by atoms with E-state index in [2.05, 4.69) is 65.8 Å². The first kappa shape index (κ1) is 52.0. The lowest BCUT2D eigenvalue weighted by molar-refractivity contribution is -0.123. The van der Waals surface area contributed by atoms with Crippen LogP contribution in [0.15, 0.2) is 128 Å². The molecule has 354 valence electrons. The van der Waals surface area contributed by atoms with Crippen LogP contribution in [0.3, 0.4) is 0 Å². The predicted molar refractivity (Wildman–Crippen MR) is 282 cm³/mol. The van der Waals surface area contributed by atoms with E-state index in [4.69, 9.17) is 62.7 Å². The predicted octanol–water partition coefficient (Wildman–Crippen LogP) is 18.1. The van der Waals surface area contributed by atoms with Gasteiger partial charge in [-0.1, -0.05) is 167 Å². The molecule has 6 rings (SSSR count). The fourth-order valence-electron chi connectivity index (χ4n) is 7.31. The van der Waals surface area contributed by atoms with E-state index in [0.717, 1.165) is 40.2 Å². The molecule has 0 aliphatic rings. The largest absolute Gasteiger partial charge is 0.481 e. The molecule has 1 heterocycles. The van der Waals surface area contributed by atoms with Gasteiger partial charge < -0.3 is 15.4 Å². The highest BCUT2D eigenvalue weighted by atomic mass is 35.5. The number of nitrogens with zero attached hydrogens (tertiary/aromatic N) is 3. The summed E-state index contributed by atoms with van der Waals surface area (Å²) in [6.07, 6.45) is 12.6. The number of benzene rings is 5. The van der Waals surface area contributed by atoms with Gasteiger partial charge in [0.2, 0.25) is 0 Å². The van der Waals surface area contributed by atoms with Crippen LogP contribution in [0.25, 0.3) is 5.69 Å². The number of aromatic amines is 1. The molecular formula is C52H57Cl5N6O3S. The molecule has 0 saturated carbocycles. The number of H-pyrrole nitrogens is 1. The number of halogens is 5. The molecule has 5 aromatic carbocycles. The van der Waals surface area contributed by atoms with Crippen LogP contribution in [-0.4, -0.2) is 21.8 Å². The van der Waals surface area contributed by atoms with Crippen LogP contribution in [0, 0.1) is 0 Å². The Morgan fingerprint density at radius 3 is 1.93 bits per heavy atom. The Morgan fingerprint density at radius 2 is 1.31 bits per heavy atom. The average Bonchev–Trinajstić information content (AvgIpc) is 3.60. The van der Waals surface area contributed by atoms with Crippen molar-refractivity contribution in [3.8, 4) is 11.4 Å². The van der Waals surface area contributed by atoms with Crippen molar-refractivity contribution in [2.75, 3.05) is 10.6 Å². The third kappa shape index (κ3) is 15.0. The molecule has 9 nitrogen and oxygen atoms in total. The number of rotatable bonds is 24. The number of aromatic nitrogens is 2.